The minimum absolute atomic E-state index is 0.0350. The molecule has 5 heteroatoms. The third-order valence-corrected chi connectivity index (χ3v) is 6.64. The first kappa shape index (κ1) is 21.3. The van der Waals surface area contributed by atoms with Gasteiger partial charge in [-0.2, -0.15) is 0 Å². The van der Waals surface area contributed by atoms with Crippen LogP contribution in [-0.2, 0) is 9.05 Å². The van der Waals surface area contributed by atoms with Gasteiger partial charge in [-0.25, -0.2) is 9.05 Å². The zero-order valence-electron chi connectivity index (χ0n) is 15.1. The van der Waals surface area contributed by atoms with Crippen LogP contribution >= 0.6 is 7.94 Å². The van der Waals surface area contributed by atoms with Gasteiger partial charge in [-0.15, -0.1) is 0 Å². The van der Waals surface area contributed by atoms with Crippen molar-refractivity contribution in [1.82, 2.24) is 0 Å². The molecule has 0 spiro atoms. The Kier molecular flexibility index (Phi) is 12.6. The summed E-state index contributed by atoms with van der Waals surface area (Å²) in [6.45, 7) is 3.28. The summed E-state index contributed by atoms with van der Waals surface area (Å²) in [6.07, 6.45) is 15.6. The van der Waals surface area contributed by atoms with E-state index in [4.69, 9.17) is 14.8 Å². The third kappa shape index (κ3) is 11.4. The molecular weight excluding hydrogens is 309 g/mol. The summed E-state index contributed by atoms with van der Waals surface area (Å²) in [5.41, 5.74) is 5.50. The minimum Gasteiger partial charge on any atom is -0.631 e. The van der Waals surface area contributed by atoms with Gasteiger partial charge in [-0.1, -0.05) is 44.9 Å². The van der Waals surface area contributed by atoms with Crippen LogP contribution in [0.3, 0.4) is 0 Å². The lowest BCUT2D eigenvalue weighted by molar-refractivity contribution is -0.223. The predicted octanol–water partition coefficient (Wildman–Crippen LogP) is 4.57. The summed E-state index contributed by atoms with van der Waals surface area (Å²) >= 11 is 0. The Bertz CT molecular complexity index is 277. The first-order valence-electron chi connectivity index (χ1n) is 9.78. The number of nitrogens with two attached hydrogens (primary N) is 1. The van der Waals surface area contributed by atoms with Gasteiger partial charge in [-0.05, 0) is 52.0 Å². The van der Waals surface area contributed by atoms with Crippen LogP contribution < -0.4 is 10.6 Å². The maximum Gasteiger partial charge on any atom is 0.238 e. The highest BCUT2D eigenvalue weighted by Crippen LogP contribution is 2.54. The number of hydrogen-bond donors (Lipinski definition) is 1. The molecule has 1 aliphatic rings. The molecule has 138 valence electrons. The van der Waals surface area contributed by atoms with Crippen molar-refractivity contribution in [3.05, 3.63) is 0 Å². The van der Waals surface area contributed by atoms with Crippen molar-refractivity contribution in [2.24, 2.45) is 5.73 Å². The SMILES string of the molecule is CC1CCCCCCCCCCC[P+]([O-])(OCCCCCN)O1. The Morgan fingerprint density at radius 2 is 1.57 bits per heavy atom. The van der Waals surface area contributed by atoms with Crippen molar-refractivity contribution in [2.75, 3.05) is 19.3 Å². The number of unbranched alkanes of at least 4 members (excludes halogenated alkanes) is 2. The normalized spacial score (nSPS) is 29.1. The molecule has 4 nitrogen and oxygen atoms in total. The Labute approximate surface area is 144 Å². The highest BCUT2D eigenvalue weighted by atomic mass is 31.2. The zero-order chi connectivity index (χ0) is 16.8. The lowest BCUT2D eigenvalue weighted by Gasteiger charge is -2.30. The summed E-state index contributed by atoms with van der Waals surface area (Å²) in [5, 5.41) is 0. The second kappa shape index (κ2) is 13.5. The molecule has 2 N–H and O–H groups in total. The monoisotopic (exact) mass is 347 g/mol. The Morgan fingerprint density at radius 3 is 2.22 bits per heavy atom. The van der Waals surface area contributed by atoms with Gasteiger partial charge >= 0.3 is 0 Å². The zero-order valence-corrected chi connectivity index (χ0v) is 16.0. The third-order valence-electron chi connectivity index (χ3n) is 4.52. The van der Waals surface area contributed by atoms with E-state index in [1.807, 2.05) is 6.92 Å². The standard InChI is InChI=1S/C18H38NO3P/c1-18-14-10-7-5-3-2-4-6-8-13-17-23(20,22-18)21-16-12-9-11-15-19/h18H,2-17,19H2,1H3. The fraction of sp³-hybridized carbons (Fsp3) is 1.00. The van der Waals surface area contributed by atoms with E-state index in [0.717, 1.165) is 44.9 Å². The van der Waals surface area contributed by atoms with E-state index in [-0.39, 0.29) is 6.10 Å². The van der Waals surface area contributed by atoms with Crippen LogP contribution in [0, 0.1) is 0 Å². The highest BCUT2D eigenvalue weighted by Gasteiger charge is 2.32. The van der Waals surface area contributed by atoms with Gasteiger partial charge in [0.15, 0.2) is 0 Å². The van der Waals surface area contributed by atoms with Crippen LogP contribution in [0.15, 0.2) is 0 Å². The molecule has 23 heavy (non-hydrogen) atoms. The van der Waals surface area contributed by atoms with E-state index in [1.165, 1.54) is 38.5 Å². The maximum atomic E-state index is 13.0. The Hall–Kier alpha value is 0.270. The highest BCUT2D eigenvalue weighted by molar-refractivity contribution is 7.59. The molecule has 0 aromatic heterocycles. The van der Waals surface area contributed by atoms with Crippen LogP contribution in [0.2, 0.25) is 0 Å². The largest absolute Gasteiger partial charge is 0.631 e. The quantitative estimate of drug-likeness (QED) is 0.564. The summed E-state index contributed by atoms with van der Waals surface area (Å²) < 4.78 is 11.6. The van der Waals surface area contributed by atoms with Crippen molar-refractivity contribution < 1.29 is 13.9 Å². The number of hydrogen-bond acceptors (Lipinski definition) is 4. The van der Waals surface area contributed by atoms with E-state index in [9.17, 15) is 4.89 Å². The summed E-state index contributed by atoms with van der Waals surface area (Å²) in [7, 11) is -2.93. The summed E-state index contributed by atoms with van der Waals surface area (Å²) in [6, 6.07) is 0. The van der Waals surface area contributed by atoms with Crippen LogP contribution in [0.1, 0.15) is 90.4 Å². The fourth-order valence-electron chi connectivity index (χ4n) is 3.08. The van der Waals surface area contributed by atoms with Gasteiger partial charge in [0.1, 0.15) is 12.3 Å². The van der Waals surface area contributed by atoms with Crippen molar-refractivity contribution in [3.63, 3.8) is 0 Å². The molecule has 1 rings (SSSR count). The summed E-state index contributed by atoms with van der Waals surface area (Å²) in [4.78, 5) is 13.0. The molecule has 0 radical (unpaired) electrons. The van der Waals surface area contributed by atoms with Crippen molar-refractivity contribution in [1.29, 1.82) is 0 Å². The van der Waals surface area contributed by atoms with Crippen LogP contribution in [0.5, 0.6) is 0 Å². The first-order valence-corrected chi connectivity index (χ1v) is 11.5. The molecular formula is C18H38NO3P. The van der Waals surface area contributed by atoms with Gasteiger partial charge in [0.25, 0.3) is 0 Å². The average molecular weight is 347 g/mol. The predicted molar refractivity (Wildman–Crippen MR) is 97.4 cm³/mol. The van der Waals surface area contributed by atoms with Gasteiger partial charge in [0.05, 0.1) is 6.61 Å². The Morgan fingerprint density at radius 1 is 0.957 bits per heavy atom. The lowest BCUT2D eigenvalue weighted by Crippen LogP contribution is -2.24. The van der Waals surface area contributed by atoms with E-state index in [1.54, 1.807) is 0 Å². The van der Waals surface area contributed by atoms with Crippen molar-refractivity contribution >= 4 is 7.94 Å². The first-order chi connectivity index (χ1) is 11.2. The number of rotatable bonds is 6. The van der Waals surface area contributed by atoms with Gasteiger partial charge in [-0.3, -0.25) is 0 Å². The second-order valence-electron chi connectivity index (χ2n) is 6.90. The molecule has 2 atom stereocenters. The van der Waals surface area contributed by atoms with E-state index in [0.29, 0.717) is 19.3 Å². The van der Waals surface area contributed by atoms with Crippen LogP contribution in [0.4, 0.5) is 0 Å². The van der Waals surface area contributed by atoms with Gasteiger partial charge < -0.3 is 10.6 Å². The molecule has 2 unspecified atom stereocenters. The Balaban J connectivity index is 2.41. The smallest absolute Gasteiger partial charge is 0.238 e. The summed E-state index contributed by atoms with van der Waals surface area (Å²) in [5.74, 6) is 0. The molecule has 1 fully saturated rings. The molecule has 0 bridgehead atoms. The fourth-order valence-corrected chi connectivity index (χ4v) is 5.04. The molecule has 0 aliphatic carbocycles. The van der Waals surface area contributed by atoms with Gasteiger partial charge in [0.2, 0.25) is 7.94 Å². The average Bonchev–Trinajstić information content (AvgIpc) is 2.52. The van der Waals surface area contributed by atoms with Crippen LogP contribution in [-0.4, -0.2) is 25.4 Å². The van der Waals surface area contributed by atoms with E-state index < -0.39 is 7.94 Å². The molecule has 0 aromatic carbocycles. The molecule has 1 aliphatic heterocycles. The van der Waals surface area contributed by atoms with Crippen LogP contribution in [0.25, 0.3) is 0 Å². The van der Waals surface area contributed by atoms with Crippen molar-refractivity contribution in [2.45, 2.75) is 96.5 Å². The van der Waals surface area contributed by atoms with Crippen molar-refractivity contribution in [3.8, 4) is 0 Å². The topological polar surface area (TPSA) is 67.5 Å². The maximum absolute atomic E-state index is 13.0. The molecule has 0 amide bonds. The molecule has 0 saturated carbocycles. The van der Waals surface area contributed by atoms with E-state index in [2.05, 4.69) is 0 Å². The van der Waals surface area contributed by atoms with Gasteiger partial charge in [0, 0.05) is 0 Å². The van der Waals surface area contributed by atoms with E-state index >= 15 is 0 Å². The second-order valence-corrected chi connectivity index (χ2v) is 9.04. The molecule has 1 heterocycles. The molecule has 1 saturated heterocycles. The molecule has 0 aromatic rings. The minimum atomic E-state index is -2.93. The lowest BCUT2D eigenvalue weighted by atomic mass is 10.1.